The molecule has 0 bridgehead atoms. The van der Waals surface area contributed by atoms with Crippen LogP contribution in [0.25, 0.3) is 0 Å². The largest absolute Gasteiger partial charge is 0.394 e. The predicted molar refractivity (Wildman–Crippen MR) is 57.1 cm³/mol. The molecule has 2 rings (SSSR count). The highest BCUT2D eigenvalue weighted by molar-refractivity contribution is 5.87. The summed E-state index contributed by atoms with van der Waals surface area (Å²) in [5.74, 6) is 0.444. The highest BCUT2D eigenvalue weighted by Crippen LogP contribution is 2.34. The molecule has 0 radical (unpaired) electrons. The van der Waals surface area contributed by atoms with Crippen LogP contribution in [0.15, 0.2) is 0 Å². The third kappa shape index (κ3) is 1.66. The summed E-state index contributed by atoms with van der Waals surface area (Å²) in [5.41, 5.74) is 5.40. The fraction of sp³-hybridized carbons (Fsp3) is 0.909. The van der Waals surface area contributed by atoms with Crippen LogP contribution in [0, 0.1) is 5.92 Å². The van der Waals surface area contributed by atoms with E-state index in [1.165, 1.54) is 0 Å². The van der Waals surface area contributed by atoms with Gasteiger partial charge in [-0.25, -0.2) is 0 Å². The minimum absolute atomic E-state index is 0.0153. The van der Waals surface area contributed by atoms with Gasteiger partial charge in [0.2, 0.25) is 5.91 Å². The molecule has 2 aliphatic rings. The van der Waals surface area contributed by atoms with Crippen LogP contribution in [0.5, 0.6) is 0 Å². The minimum atomic E-state index is -0.614. The summed E-state index contributed by atoms with van der Waals surface area (Å²) in [6.45, 7) is 2.89. The van der Waals surface area contributed by atoms with Gasteiger partial charge in [-0.3, -0.25) is 4.79 Å². The number of carbonyl (C=O) groups is 1. The zero-order valence-corrected chi connectivity index (χ0v) is 9.28. The second-order valence-electron chi connectivity index (χ2n) is 5.02. The van der Waals surface area contributed by atoms with E-state index in [1.807, 2.05) is 0 Å². The number of nitrogens with zero attached hydrogens (tertiary/aromatic N) is 1. The number of aliphatic hydroxyl groups is 1. The van der Waals surface area contributed by atoms with Gasteiger partial charge < -0.3 is 15.7 Å². The van der Waals surface area contributed by atoms with Crippen molar-refractivity contribution in [3.8, 4) is 0 Å². The molecule has 0 aromatic rings. The first-order chi connectivity index (χ1) is 7.08. The van der Waals surface area contributed by atoms with Gasteiger partial charge in [-0.1, -0.05) is 6.92 Å². The number of amides is 1. The molecule has 1 heterocycles. The Morgan fingerprint density at radius 1 is 1.60 bits per heavy atom. The van der Waals surface area contributed by atoms with Crippen molar-refractivity contribution < 1.29 is 9.90 Å². The van der Waals surface area contributed by atoms with Crippen LogP contribution in [0.2, 0.25) is 0 Å². The zero-order valence-electron chi connectivity index (χ0n) is 9.28. The van der Waals surface area contributed by atoms with Crippen LogP contribution in [0.3, 0.4) is 0 Å². The summed E-state index contributed by atoms with van der Waals surface area (Å²) in [6, 6.07) is -0.0153. The number of hydrogen-bond acceptors (Lipinski definition) is 3. The van der Waals surface area contributed by atoms with Gasteiger partial charge in [0, 0.05) is 6.54 Å². The molecule has 2 unspecified atom stereocenters. The number of carbonyl (C=O) groups excluding carboxylic acids is 1. The van der Waals surface area contributed by atoms with Crippen LogP contribution in [0.1, 0.15) is 32.6 Å². The monoisotopic (exact) mass is 212 g/mol. The SMILES string of the molecule is CC1CCN(C(=O)C2(N)CCC2)C1CO. The maximum Gasteiger partial charge on any atom is 0.242 e. The van der Waals surface area contributed by atoms with E-state index >= 15 is 0 Å². The van der Waals surface area contributed by atoms with Crippen molar-refractivity contribution in [3.63, 3.8) is 0 Å². The van der Waals surface area contributed by atoms with Crippen molar-refractivity contribution in [2.24, 2.45) is 11.7 Å². The molecular formula is C11H20N2O2. The van der Waals surface area contributed by atoms with Crippen molar-refractivity contribution in [2.75, 3.05) is 13.2 Å². The molecule has 2 atom stereocenters. The summed E-state index contributed by atoms with van der Waals surface area (Å²) in [7, 11) is 0. The van der Waals surface area contributed by atoms with E-state index in [0.29, 0.717) is 5.92 Å². The van der Waals surface area contributed by atoms with Gasteiger partial charge in [0.1, 0.15) is 0 Å². The van der Waals surface area contributed by atoms with E-state index in [0.717, 1.165) is 32.2 Å². The van der Waals surface area contributed by atoms with Gasteiger partial charge in [0.05, 0.1) is 18.2 Å². The predicted octanol–water partition coefficient (Wildman–Crippen LogP) is 0.0971. The fourth-order valence-electron chi connectivity index (χ4n) is 2.60. The molecule has 1 saturated carbocycles. The lowest BCUT2D eigenvalue weighted by Gasteiger charge is -2.41. The standard InChI is InChI=1S/C11H20N2O2/c1-8-3-6-13(9(8)7-14)10(15)11(12)4-2-5-11/h8-9,14H,2-7,12H2,1H3. The Hall–Kier alpha value is -0.610. The van der Waals surface area contributed by atoms with E-state index < -0.39 is 5.54 Å². The Kier molecular flexibility index (Phi) is 2.73. The van der Waals surface area contributed by atoms with Gasteiger partial charge in [0.15, 0.2) is 0 Å². The first-order valence-electron chi connectivity index (χ1n) is 5.79. The summed E-state index contributed by atoms with van der Waals surface area (Å²) in [6.07, 6.45) is 3.63. The summed E-state index contributed by atoms with van der Waals surface area (Å²) >= 11 is 0. The van der Waals surface area contributed by atoms with Crippen molar-refractivity contribution in [1.82, 2.24) is 4.90 Å². The first kappa shape index (κ1) is 10.9. The van der Waals surface area contributed by atoms with E-state index in [-0.39, 0.29) is 18.6 Å². The van der Waals surface area contributed by atoms with E-state index in [2.05, 4.69) is 6.92 Å². The average molecular weight is 212 g/mol. The quantitative estimate of drug-likeness (QED) is 0.682. The molecule has 0 spiro atoms. The van der Waals surface area contributed by atoms with Crippen molar-refractivity contribution in [3.05, 3.63) is 0 Å². The topological polar surface area (TPSA) is 66.6 Å². The molecule has 1 aliphatic heterocycles. The third-order valence-corrected chi connectivity index (χ3v) is 4.00. The normalized spacial score (nSPS) is 33.9. The minimum Gasteiger partial charge on any atom is -0.394 e. The maximum absolute atomic E-state index is 12.2. The van der Waals surface area contributed by atoms with Crippen molar-refractivity contribution in [1.29, 1.82) is 0 Å². The number of likely N-dealkylation sites (tertiary alicyclic amines) is 1. The van der Waals surface area contributed by atoms with Crippen LogP contribution in [0.4, 0.5) is 0 Å². The lowest BCUT2D eigenvalue weighted by molar-refractivity contribution is -0.142. The Labute approximate surface area is 90.4 Å². The molecule has 1 amide bonds. The fourth-order valence-corrected chi connectivity index (χ4v) is 2.60. The van der Waals surface area contributed by atoms with Gasteiger partial charge in [-0.2, -0.15) is 0 Å². The average Bonchev–Trinajstić information content (AvgIpc) is 2.54. The third-order valence-electron chi connectivity index (χ3n) is 4.00. The molecular weight excluding hydrogens is 192 g/mol. The summed E-state index contributed by atoms with van der Waals surface area (Å²) in [4.78, 5) is 13.9. The van der Waals surface area contributed by atoms with Gasteiger partial charge in [0.25, 0.3) is 0 Å². The Balaban J connectivity index is 2.07. The first-order valence-corrected chi connectivity index (χ1v) is 5.79. The highest BCUT2D eigenvalue weighted by atomic mass is 16.3. The second kappa shape index (κ2) is 3.76. The summed E-state index contributed by atoms with van der Waals surface area (Å²) < 4.78 is 0. The molecule has 1 saturated heterocycles. The van der Waals surface area contributed by atoms with Crippen LogP contribution >= 0.6 is 0 Å². The molecule has 86 valence electrons. The Morgan fingerprint density at radius 2 is 2.27 bits per heavy atom. The molecule has 4 nitrogen and oxygen atoms in total. The molecule has 3 N–H and O–H groups in total. The molecule has 15 heavy (non-hydrogen) atoms. The number of hydrogen-bond donors (Lipinski definition) is 2. The zero-order chi connectivity index (χ0) is 11.1. The lowest BCUT2D eigenvalue weighted by Crippen LogP contribution is -2.61. The summed E-state index contributed by atoms with van der Waals surface area (Å²) in [5, 5.41) is 9.28. The van der Waals surface area contributed by atoms with Gasteiger partial charge >= 0.3 is 0 Å². The highest BCUT2D eigenvalue weighted by Gasteiger charge is 2.46. The van der Waals surface area contributed by atoms with Crippen LogP contribution in [-0.2, 0) is 4.79 Å². The lowest BCUT2D eigenvalue weighted by atomic mass is 9.76. The van der Waals surface area contributed by atoms with Gasteiger partial charge in [-0.15, -0.1) is 0 Å². The number of rotatable bonds is 2. The van der Waals surface area contributed by atoms with Crippen molar-refractivity contribution >= 4 is 5.91 Å². The van der Waals surface area contributed by atoms with Gasteiger partial charge in [-0.05, 0) is 31.6 Å². The number of aliphatic hydroxyl groups excluding tert-OH is 1. The molecule has 1 aliphatic carbocycles. The molecule has 4 heteroatoms. The smallest absolute Gasteiger partial charge is 0.242 e. The van der Waals surface area contributed by atoms with E-state index in [9.17, 15) is 9.90 Å². The molecule has 0 aromatic heterocycles. The Morgan fingerprint density at radius 3 is 2.73 bits per heavy atom. The van der Waals surface area contributed by atoms with Crippen molar-refractivity contribution in [2.45, 2.75) is 44.2 Å². The Bertz CT molecular complexity index is 263. The number of nitrogens with two attached hydrogens (primary N) is 1. The molecule has 2 fully saturated rings. The maximum atomic E-state index is 12.2. The van der Waals surface area contributed by atoms with Crippen LogP contribution < -0.4 is 5.73 Å². The second-order valence-corrected chi connectivity index (χ2v) is 5.02. The molecule has 0 aromatic carbocycles. The van der Waals surface area contributed by atoms with E-state index in [1.54, 1.807) is 4.90 Å². The van der Waals surface area contributed by atoms with Crippen LogP contribution in [-0.4, -0.2) is 40.6 Å². The van der Waals surface area contributed by atoms with E-state index in [4.69, 9.17) is 5.73 Å².